The molecule has 3 heterocycles. The Labute approximate surface area is 192 Å². The lowest BCUT2D eigenvalue weighted by atomic mass is 10.1. The van der Waals surface area contributed by atoms with Gasteiger partial charge >= 0.3 is 0 Å². The molecule has 5 rings (SSSR count). The fourth-order valence-corrected chi connectivity index (χ4v) is 4.27. The first kappa shape index (κ1) is 20.9. The molecule has 7 nitrogen and oxygen atoms in total. The number of benzene rings is 2. The number of hydrogen-bond donors (Lipinski definition) is 0. The maximum absolute atomic E-state index is 13.2. The number of methoxy groups -OCH3 is 2. The SMILES string of the molecule is COc1cccc(-c2ccc3nc(C(=O)N4CCN(c5ccccc5OC)CC4)cn3c2)c1. The number of para-hydroxylation sites is 2. The van der Waals surface area contributed by atoms with Gasteiger partial charge in [0.05, 0.1) is 19.9 Å². The Hall–Kier alpha value is -4.00. The molecule has 1 fully saturated rings. The van der Waals surface area contributed by atoms with Crippen LogP contribution in [0.5, 0.6) is 11.5 Å². The van der Waals surface area contributed by atoms with Gasteiger partial charge in [-0.25, -0.2) is 4.98 Å². The lowest BCUT2D eigenvalue weighted by Crippen LogP contribution is -2.49. The van der Waals surface area contributed by atoms with E-state index in [0.29, 0.717) is 18.8 Å². The van der Waals surface area contributed by atoms with Crippen LogP contribution in [0.3, 0.4) is 0 Å². The molecule has 2 aromatic carbocycles. The highest BCUT2D eigenvalue weighted by Crippen LogP contribution is 2.29. The molecule has 1 aliphatic heterocycles. The van der Waals surface area contributed by atoms with Crippen LogP contribution in [0.1, 0.15) is 10.5 Å². The predicted octanol–water partition coefficient (Wildman–Crippen LogP) is 3.98. The number of fused-ring (bicyclic) bond motifs is 1. The summed E-state index contributed by atoms with van der Waals surface area (Å²) in [6, 6.07) is 19.8. The van der Waals surface area contributed by atoms with E-state index in [1.807, 2.05) is 76.3 Å². The summed E-state index contributed by atoms with van der Waals surface area (Å²) in [5.74, 6) is 1.62. The molecule has 1 amide bonds. The summed E-state index contributed by atoms with van der Waals surface area (Å²) in [5, 5.41) is 0. The third kappa shape index (κ3) is 4.09. The molecule has 2 aromatic heterocycles. The summed E-state index contributed by atoms with van der Waals surface area (Å²) in [7, 11) is 3.34. The van der Waals surface area contributed by atoms with Crippen LogP contribution in [-0.4, -0.2) is 60.6 Å². The van der Waals surface area contributed by atoms with Crippen LogP contribution in [0.25, 0.3) is 16.8 Å². The average Bonchev–Trinajstić information content (AvgIpc) is 3.32. The molecule has 0 saturated carbocycles. The quantitative estimate of drug-likeness (QED) is 0.468. The monoisotopic (exact) mass is 442 g/mol. The van der Waals surface area contributed by atoms with Crippen molar-refractivity contribution in [1.82, 2.24) is 14.3 Å². The first-order valence-electron chi connectivity index (χ1n) is 11.0. The third-order valence-corrected chi connectivity index (χ3v) is 6.07. The van der Waals surface area contributed by atoms with Gasteiger partial charge in [-0.3, -0.25) is 4.79 Å². The summed E-state index contributed by atoms with van der Waals surface area (Å²) >= 11 is 0. The van der Waals surface area contributed by atoms with Gasteiger partial charge < -0.3 is 23.7 Å². The third-order valence-electron chi connectivity index (χ3n) is 6.07. The van der Waals surface area contributed by atoms with Crippen molar-refractivity contribution in [3.8, 4) is 22.6 Å². The molecule has 0 bridgehead atoms. The molecule has 1 saturated heterocycles. The summed E-state index contributed by atoms with van der Waals surface area (Å²) in [6.07, 6.45) is 3.81. The number of carbonyl (C=O) groups excluding carboxylic acids is 1. The van der Waals surface area contributed by atoms with Crippen molar-refractivity contribution in [3.63, 3.8) is 0 Å². The molecule has 7 heteroatoms. The zero-order valence-electron chi connectivity index (χ0n) is 18.8. The van der Waals surface area contributed by atoms with E-state index < -0.39 is 0 Å². The number of nitrogens with zero attached hydrogens (tertiary/aromatic N) is 4. The average molecular weight is 443 g/mol. The summed E-state index contributed by atoms with van der Waals surface area (Å²) in [6.45, 7) is 2.78. The van der Waals surface area contributed by atoms with Crippen LogP contribution in [-0.2, 0) is 0 Å². The number of aromatic nitrogens is 2. The number of carbonyl (C=O) groups is 1. The van der Waals surface area contributed by atoms with E-state index in [0.717, 1.165) is 47.1 Å². The van der Waals surface area contributed by atoms with Crippen LogP contribution in [0.4, 0.5) is 5.69 Å². The maximum atomic E-state index is 13.2. The highest BCUT2D eigenvalue weighted by Gasteiger charge is 2.25. The highest BCUT2D eigenvalue weighted by molar-refractivity contribution is 5.93. The van der Waals surface area contributed by atoms with Crippen molar-refractivity contribution < 1.29 is 14.3 Å². The topological polar surface area (TPSA) is 59.3 Å². The Morgan fingerprint density at radius 2 is 1.67 bits per heavy atom. The normalized spacial score (nSPS) is 13.9. The number of piperazine rings is 1. The first-order valence-corrected chi connectivity index (χ1v) is 11.0. The van der Waals surface area contributed by atoms with E-state index in [2.05, 4.69) is 16.0 Å². The van der Waals surface area contributed by atoms with Gasteiger partial charge in [-0.1, -0.05) is 24.3 Å². The van der Waals surface area contributed by atoms with Gasteiger partial charge in [-0.05, 0) is 47.5 Å². The van der Waals surface area contributed by atoms with E-state index in [1.165, 1.54) is 0 Å². The summed E-state index contributed by atoms with van der Waals surface area (Å²) in [4.78, 5) is 21.9. The molecule has 0 unspecified atom stereocenters. The van der Waals surface area contributed by atoms with Crippen LogP contribution >= 0.6 is 0 Å². The van der Waals surface area contributed by atoms with Crippen LogP contribution < -0.4 is 14.4 Å². The van der Waals surface area contributed by atoms with Gasteiger partial charge in [0, 0.05) is 38.6 Å². The summed E-state index contributed by atoms with van der Waals surface area (Å²) in [5.41, 5.74) is 4.35. The minimum atomic E-state index is -0.0405. The molecule has 0 radical (unpaired) electrons. The number of amides is 1. The van der Waals surface area contributed by atoms with Crippen molar-refractivity contribution in [2.45, 2.75) is 0 Å². The highest BCUT2D eigenvalue weighted by atomic mass is 16.5. The predicted molar refractivity (Wildman–Crippen MR) is 128 cm³/mol. The Morgan fingerprint density at radius 1 is 0.848 bits per heavy atom. The van der Waals surface area contributed by atoms with Gasteiger partial charge in [-0.2, -0.15) is 0 Å². The molecule has 0 N–H and O–H groups in total. The van der Waals surface area contributed by atoms with Crippen LogP contribution in [0, 0.1) is 0 Å². The van der Waals surface area contributed by atoms with Gasteiger partial charge in [0.2, 0.25) is 0 Å². The minimum absolute atomic E-state index is 0.0405. The van der Waals surface area contributed by atoms with Crippen molar-refractivity contribution in [3.05, 3.63) is 78.8 Å². The van der Waals surface area contributed by atoms with E-state index in [4.69, 9.17) is 9.47 Å². The van der Waals surface area contributed by atoms with Gasteiger partial charge in [0.25, 0.3) is 5.91 Å². The number of anilines is 1. The Balaban J connectivity index is 1.32. The lowest BCUT2D eigenvalue weighted by Gasteiger charge is -2.36. The standard InChI is InChI=1S/C26H26N4O3/c1-32-21-7-5-6-19(16-21)20-10-11-25-27-22(18-30(25)17-20)26(31)29-14-12-28(13-15-29)23-8-3-4-9-24(23)33-2/h3-11,16-18H,12-15H2,1-2H3. The lowest BCUT2D eigenvalue weighted by molar-refractivity contribution is 0.0741. The number of hydrogen-bond acceptors (Lipinski definition) is 5. The molecular weight excluding hydrogens is 416 g/mol. The molecule has 0 spiro atoms. The second-order valence-electron chi connectivity index (χ2n) is 7.99. The molecule has 4 aromatic rings. The van der Waals surface area contributed by atoms with Crippen LogP contribution in [0.2, 0.25) is 0 Å². The largest absolute Gasteiger partial charge is 0.497 e. The zero-order chi connectivity index (χ0) is 22.8. The molecule has 33 heavy (non-hydrogen) atoms. The van der Waals surface area contributed by atoms with Crippen molar-refractivity contribution in [2.24, 2.45) is 0 Å². The number of pyridine rings is 1. The van der Waals surface area contributed by atoms with Crippen LogP contribution in [0.15, 0.2) is 73.1 Å². The fraction of sp³-hybridized carbons (Fsp3) is 0.231. The second-order valence-corrected chi connectivity index (χ2v) is 7.99. The van der Waals surface area contributed by atoms with E-state index in [1.54, 1.807) is 14.2 Å². The maximum Gasteiger partial charge on any atom is 0.274 e. The smallest absolute Gasteiger partial charge is 0.274 e. The van der Waals surface area contributed by atoms with Crippen molar-refractivity contribution in [2.75, 3.05) is 45.3 Å². The van der Waals surface area contributed by atoms with Crippen molar-refractivity contribution >= 4 is 17.2 Å². The van der Waals surface area contributed by atoms with Gasteiger partial charge in [0.1, 0.15) is 22.8 Å². The Kier molecular flexibility index (Phi) is 5.60. The zero-order valence-corrected chi connectivity index (χ0v) is 18.8. The molecule has 0 atom stereocenters. The Morgan fingerprint density at radius 3 is 2.45 bits per heavy atom. The fourth-order valence-electron chi connectivity index (χ4n) is 4.27. The molecule has 1 aliphatic rings. The number of imidazole rings is 1. The second kappa shape index (κ2) is 8.86. The van der Waals surface area contributed by atoms with E-state index >= 15 is 0 Å². The minimum Gasteiger partial charge on any atom is -0.497 e. The Bertz CT molecular complexity index is 1290. The van der Waals surface area contributed by atoms with Gasteiger partial charge in [-0.15, -0.1) is 0 Å². The summed E-state index contributed by atoms with van der Waals surface area (Å²) < 4.78 is 12.7. The van der Waals surface area contributed by atoms with E-state index in [9.17, 15) is 4.79 Å². The molecular formula is C26H26N4O3. The van der Waals surface area contributed by atoms with Crippen molar-refractivity contribution in [1.29, 1.82) is 0 Å². The number of rotatable bonds is 5. The van der Waals surface area contributed by atoms with Gasteiger partial charge in [0.15, 0.2) is 0 Å². The van der Waals surface area contributed by atoms with E-state index in [-0.39, 0.29) is 5.91 Å². The molecule has 168 valence electrons. The number of ether oxygens (including phenoxy) is 2. The first-order chi connectivity index (χ1) is 16.2. The molecule has 0 aliphatic carbocycles.